The van der Waals surface area contributed by atoms with Gasteiger partial charge < -0.3 is 5.73 Å². The van der Waals surface area contributed by atoms with Crippen LogP contribution in [0.4, 0.5) is 17.6 Å². The van der Waals surface area contributed by atoms with Gasteiger partial charge in [-0.1, -0.05) is 12.1 Å². The summed E-state index contributed by atoms with van der Waals surface area (Å²) in [6.45, 7) is 0. The Labute approximate surface area is 194 Å². The van der Waals surface area contributed by atoms with Crippen molar-refractivity contribution in [2.75, 3.05) is 0 Å². The van der Waals surface area contributed by atoms with Crippen LogP contribution < -0.4 is 5.73 Å². The van der Waals surface area contributed by atoms with E-state index in [4.69, 9.17) is 5.73 Å². The highest BCUT2D eigenvalue weighted by molar-refractivity contribution is 7.17. The maximum Gasteiger partial charge on any atom is 0.313 e. The van der Waals surface area contributed by atoms with Crippen LogP contribution >= 0.6 is 11.3 Å². The number of nitrogens with two attached hydrogens (primary N) is 1. The van der Waals surface area contributed by atoms with Gasteiger partial charge in [-0.3, -0.25) is 9.59 Å². The first kappa shape index (κ1) is 22.2. The van der Waals surface area contributed by atoms with Gasteiger partial charge in [-0.15, -0.1) is 11.3 Å². The second-order valence-electron chi connectivity index (χ2n) is 8.33. The number of halogens is 4. The van der Waals surface area contributed by atoms with Crippen LogP contribution in [-0.4, -0.2) is 22.6 Å². The first-order valence-electron chi connectivity index (χ1n) is 10.3. The Hall–Kier alpha value is -3.58. The number of ketones is 1. The van der Waals surface area contributed by atoms with Crippen molar-refractivity contribution < 1.29 is 27.2 Å². The molecule has 0 saturated heterocycles. The molecular formula is C24H15F4N3O2S. The minimum absolute atomic E-state index is 0.0175. The van der Waals surface area contributed by atoms with Crippen LogP contribution in [-0.2, 0) is 6.42 Å². The van der Waals surface area contributed by atoms with Crippen LogP contribution in [0.15, 0.2) is 30.5 Å². The summed E-state index contributed by atoms with van der Waals surface area (Å²) in [5.74, 6) is -7.20. The van der Waals surface area contributed by atoms with Crippen molar-refractivity contribution in [1.29, 1.82) is 5.26 Å². The zero-order valence-electron chi connectivity index (χ0n) is 17.4. The van der Waals surface area contributed by atoms with Crippen LogP contribution in [0.5, 0.6) is 0 Å². The molecule has 2 N–H and O–H groups in total. The van der Waals surface area contributed by atoms with Crippen LogP contribution in [0.25, 0.3) is 10.4 Å². The average Bonchev–Trinajstić information content (AvgIpc) is 3.37. The summed E-state index contributed by atoms with van der Waals surface area (Å²) in [6, 6.07) is 6.98. The lowest BCUT2D eigenvalue weighted by molar-refractivity contribution is 0.0167. The second-order valence-corrected chi connectivity index (χ2v) is 9.36. The van der Waals surface area contributed by atoms with Crippen molar-refractivity contribution in [2.45, 2.75) is 37.3 Å². The van der Waals surface area contributed by atoms with Crippen LogP contribution in [0.1, 0.15) is 72.9 Å². The molecule has 0 radical (unpaired) electrons. The summed E-state index contributed by atoms with van der Waals surface area (Å²) < 4.78 is 58.0. The number of carbonyl (C=O) groups excluding carboxylic acids is 2. The molecule has 1 amide bonds. The summed E-state index contributed by atoms with van der Waals surface area (Å²) in [4.78, 5) is 28.4. The topological polar surface area (TPSA) is 96.8 Å². The highest BCUT2D eigenvalue weighted by atomic mass is 32.1. The number of rotatable bonds is 3. The Kier molecular flexibility index (Phi) is 5.06. The normalized spacial score (nSPS) is 20.5. The predicted molar refractivity (Wildman–Crippen MR) is 115 cm³/mol. The van der Waals surface area contributed by atoms with Crippen LogP contribution in [0, 0.1) is 17.1 Å². The van der Waals surface area contributed by atoms with Crippen molar-refractivity contribution in [3.8, 4) is 16.5 Å². The van der Waals surface area contributed by atoms with Crippen molar-refractivity contribution in [3.05, 3.63) is 74.7 Å². The summed E-state index contributed by atoms with van der Waals surface area (Å²) in [7, 11) is 0. The molecule has 3 aromatic rings. The van der Waals surface area contributed by atoms with Gasteiger partial charge in [-0.25, -0.2) is 13.8 Å². The van der Waals surface area contributed by atoms with Gasteiger partial charge in [0.15, 0.2) is 5.01 Å². The number of carbonyl (C=O) groups is 2. The molecule has 2 aliphatic rings. The molecule has 0 saturated carbocycles. The number of nitrogens with zero attached hydrogens (tertiary/aromatic N) is 2. The number of primary amides is 1. The maximum absolute atomic E-state index is 14.7. The van der Waals surface area contributed by atoms with Gasteiger partial charge in [0.1, 0.15) is 12.0 Å². The number of Topliss-reactive ketones (excluding diaryl/α,β-unsaturated/α-hetero) is 1. The minimum atomic E-state index is -3.65. The Morgan fingerprint density at radius 1 is 1.24 bits per heavy atom. The molecule has 10 heteroatoms. The van der Waals surface area contributed by atoms with E-state index >= 15 is 0 Å². The van der Waals surface area contributed by atoms with E-state index < -0.39 is 41.9 Å². The summed E-state index contributed by atoms with van der Waals surface area (Å²) in [5, 5.41) is 9.54. The molecule has 1 heterocycles. The van der Waals surface area contributed by atoms with E-state index in [0.717, 1.165) is 23.5 Å². The SMILES string of the molecule is N#Cc1cc(F)cc2c1[C@@H](c1ccc(-c3cnc(C(N)=O)s3)c3c1CC(F)(F)C3=O)CC[C@@H]2F. The van der Waals surface area contributed by atoms with Crippen molar-refractivity contribution in [3.63, 3.8) is 0 Å². The van der Waals surface area contributed by atoms with Crippen LogP contribution in [0.3, 0.4) is 0 Å². The minimum Gasteiger partial charge on any atom is -0.364 e. The van der Waals surface area contributed by atoms with Crippen molar-refractivity contribution >= 4 is 23.0 Å². The standard InChI is InChI=1S/C24H15F4N3O2S/c25-11-5-10(8-29)19-13(3-4-17(26)15(19)6-11)12-1-2-14(18-9-31-23(34-18)22(30)33)20-16(12)7-24(27,28)21(20)32/h1-2,5-6,9,13,17H,3-4,7H2,(H2,30,33)/t13-,17+/m1/s1. The van der Waals surface area contributed by atoms with Gasteiger partial charge >= 0.3 is 5.92 Å². The molecule has 34 heavy (non-hydrogen) atoms. The molecular weight excluding hydrogens is 470 g/mol. The number of benzene rings is 2. The fraction of sp³-hybridized carbons (Fsp3) is 0.250. The number of hydrogen-bond donors (Lipinski definition) is 1. The summed E-state index contributed by atoms with van der Waals surface area (Å²) >= 11 is 0.883. The monoisotopic (exact) mass is 485 g/mol. The molecule has 2 aromatic carbocycles. The van der Waals surface area contributed by atoms with Gasteiger partial charge in [0.05, 0.1) is 16.5 Å². The third kappa shape index (κ3) is 3.30. The Balaban J connectivity index is 1.73. The number of aromatic nitrogens is 1. The zero-order chi connectivity index (χ0) is 24.4. The van der Waals surface area contributed by atoms with Crippen molar-refractivity contribution in [1.82, 2.24) is 4.98 Å². The number of hydrogen-bond acceptors (Lipinski definition) is 5. The van der Waals surface area contributed by atoms with E-state index in [-0.39, 0.29) is 51.2 Å². The number of amides is 1. The van der Waals surface area contributed by atoms with Crippen LogP contribution in [0.2, 0.25) is 0 Å². The number of nitriles is 1. The highest BCUT2D eigenvalue weighted by Crippen LogP contribution is 2.50. The highest BCUT2D eigenvalue weighted by Gasteiger charge is 2.50. The fourth-order valence-electron chi connectivity index (χ4n) is 4.95. The summed E-state index contributed by atoms with van der Waals surface area (Å²) in [5.41, 5.74) is 5.95. The first-order chi connectivity index (χ1) is 16.1. The molecule has 2 aliphatic carbocycles. The molecule has 2 atom stereocenters. The fourth-order valence-corrected chi connectivity index (χ4v) is 5.75. The molecule has 172 valence electrons. The molecule has 5 nitrogen and oxygen atoms in total. The van der Waals surface area contributed by atoms with E-state index in [9.17, 15) is 32.4 Å². The average molecular weight is 485 g/mol. The van der Waals surface area contributed by atoms with Gasteiger partial charge in [0, 0.05) is 29.7 Å². The number of thiazole rings is 1. The smallest absolute Gasteiger partial charge is 0.313 e. The molecule has 5 rings (SSSR count). The van der Waals surface area contributed by atoms with Crippen molar-refractivity contribution in [2.24, 2.45) is 5.73 Å². The zero-order valence-corrected chi connectivity index (χ0v) is 18.2. The molecule has 0 fully saturated rings. The molecule has 0 bridgehead atoms. The van der Waals surface area contributed by atoms with E-state index in [0.29, 0.717) is 10.4 Å². The van der Waals surface area contributed by atoms with E-state index in [1.54, 1.807) is 6.07 Å². The van der Waals surface area contributed by atoms with Gasteiger partial charge in [0.2, 0.25) is 5.78 Å². The molecule has 0 aliphatic heterocycles. The van der Waals surface area contributed by atoms with Gasteiger partial charge in [-0.2, -0.15) is 14.0 Å². The molecule has 0 unspecified atom stereocenters. The van der Waals surface area contributed by atoms with Gasteiger partial charge in [-0.05, 0) is 47.2 Å². The Bertz CT molecular complexity index is 1430. The maximum atomic E-state index is 14.7. The second kappa shape index (κ2) is 7.74. The lowest BCUT2D eigenvalue weighted by Crippen LogP contribution is -2.24. The quantitative estimate of drug-likeness (QED) is 0.514. The number of fused-ring (bicyclic) bond motifs is 2. The number of alkyl halides is 3. The predicted octanol–water partition coefficient (Wildman–Crippen LogP) is 5.23. The molecule has 0 spiro atoms. The first-order valence-corrected chi connectivity index (χ1v) is 11.2. The largest absolute Gasteiger partial charge is 0.364 e. The molecule has 1 aromatic heterocycles. The Morgan fingerprint density at radius 2 is 2.00 bits per heavy atom. The van der Waals surface area contributed by atoms with Gasteiger partial charge in [0.25, 0.3) is 5.91 Å². The Morgan fingerprint density at radius 3 is 2.68 bits per heavy atom. The van der Waals surface area contributed by atoms with E-state index in [1.165, 1.54) is 12.3 Å². The third-order valence-corrected chi connectivity index (χ3v) is 7.40. The third-order valence-electron chi connectivity index (χ3n) is 6.36. The lowest BCUT2D eigenvalue weighted by Gasteiger charge is -2.30. The summed E-state index contributed by atoms with van der Waals surface area (Å²) in [6.07, 6.45) is -0.825. The lowest BCUT2D eigenvalue weighted by atomic mass is 9.74. The van der Waals surface area contributed by atoms with E-state index in [1.807, 2.05) is 6.07 Å². The van der Waals surface area contributed by atoms with E-state index in [2.05, 4.69) is 4.98 Å².